The summed E-state index contributed by atoms with van der Waals surface area (Å²) in [4.78, 5) is 25.9. The van der Waals surface area contributed by atoms with Crippen molar-refractivity contribution in [2.24, 2.45) is 0 Å². The lowest BCUT2D eigenvalue weighted by Crippen LogP contribution is -2.21. The van der Waals surface area contributed by atoms with Crippen LogP contribution in [-0.4, -0.2) is 38.6 Å². The second kappa shape index (κ2) is 6.41. The number of ether oxygens (including phenoxy) is 2. The number of hydrogen-bond donors (Lipinski definition) is 0. The Balaban J connectivity index is 2.31. The molecule has 108 valence electrons. The summed E-state index contributed by atoms with van der Waals surface area (Å²) in [5.74, 6) is -1.11. The summed E-state index contributed by atoms with van der Waals surface area (Å²) in [5.41, 5.74) is 1.20. The monoisotopic (exact) mass is 277 g/mol. The highest BCUT2D eigenvalue weighted by Gasteiger charge is 2.23. The number of esters is 1. The molecule has 0 atom stereocenters. The Kier molecular flexibility index (Phi) is 4.61. The van der Waals surface area contributed by atoms with Crippen LogP contribution in [0.5, 0.6) is 5.75 Å². The molecule has 1 aliphatic heterocycles. The number of benzene rings is 1. The normalized spacial score (nSPS) is 14.2. The molecule has 0 unspecified atom stereocenters. The van der Waals surface area contributed by atoms with Gasteiger partial charge in [-0.15, -0.1) is 0 Å². The lowest BCUT2D eigenvalue weighted by atomic mass is 10.1. The van der Waals surface area contributed by atoms with Crippen LogP contribution in [0.15, 0.2) is 18.2 Å². The molecular formula is C15H19NO4. The molecule has 0 amide bonds. The molecule has 0 aliphatic carbocycles. The van der Waals surface area contributed by atoms with Crippen molar-refractivity contribution in [1.29, 1.82) is 0 Å². The van der Waals surface area contributed by atoms with E-state index in [1.807, 2.05) is 6.07 Å². The van der Waals surface area contributed by atoms with Crippen LogP contribution in [-0.2, 0) is 9.53 Å². The minimum Gasteiger partial charge on any atom is -0.496 e. The van der Waals surface area contributed by atoms with E-state index in [4.69, 9.17) is 9.47 Å². The van der Waals surface area contributed by atoms with Crippen molar-refractivity contribution in [1.82, 2.24) is 0 Å². The van der Waals surface area contributed by atoms with Gasteiger partial charge in [0, 0.05) is 18.8 Å². The Morgan fingerprint density at radius 2 is 1.95 bits per heavy atom. The molecule has 0 saturated carbocycles. The van der Waals surface area contributed by atoms with Crippen molar-refractivity contribution >= 4 is 17.4 Å². The zero-order chi connectivity index (χ0) is 14.5. The molecule has 1 aliphatic rings. The van der Waals surface area contributed by atoms with E-state index in [2.05, 4.69) is 4.90 Å². The van der Waals surface area contributed by atoms with Crippen molar-refractivity contribution in [3.05, 3.63) is 23.8 Å². The number of carbonyl (C=O) groups is 2. The number of anilines is 1. The number of ketones is 1. The lowest BCUT2D eigenvalue weighted by Gasteiger charge is -2.19. The number of hydrogen-bond acceptors (Lipinski definition) is 5. The Morgan fingerprint density at radius 1 is 1.25 bits per heavy atom. The van der Waals surface area contributed by atoms with Crippen LogP contribution in [0.1, 0.15) is 30.1 Å². The molecule has 5 nitrogen and oxygen atoms in total. The molecule has 0 spiro atoms. The van der Waals surface area contributed by atoms with Gasteiger partial charge in [-0.05, 0) is 38.0 Å². The fraction of sp³-hybridized carbons (Fsp3) is 0.467. The van der Waals surface area contributed by atoms with Crippen LogP contribution in [0.3, 0.4) is 0 Å². The summed E-state index contributed by atoms with van der Waals surface area (Å²) in [5, 5.41) is 0. The van der Waals surface area contributed by atoms with Crippen molar-refractivity contribution in [2.45, 2.75) is 19.8 Å². The first-order chi connectivity index (χ1) is 9.67. The largest absolute Gasteiger partial charge is 0.496 e. The number of methoxy groups -OCH3 is 1. The van der Waals surface area contributed by atoms with Gasteiger partial charge in [0.2, 0.25) is 0 Å². The fourth-order valence-electron chi connectivity index (χ4n) is 2.35. The number of nitrogens with zero attached hydrogens (tertiary/aromatic N) is 1. The lowest BCUT2D eigenvalue weighted by molar-refractivity contribution is -0.137. The highest BCUT2D eigenvalue weighted by Crippen LogP contribution is 2.27. The van der Waals surface area contributed by atoms with E-state index < -0.39 is 11.8 Å². The average Bonchev–Trinajstić information content (AvgIpc) is 3.00. The summed E-state index contributed by atoms with van der Waals surface area (Å²) in [6.45, 7) is 3.79. The molecule has 1 fully saturated rings. The van der Waals surface area contributed by atoms with Crippen LogP contribution in [0, 0.1) is 0 Å². The van der Waals surface area contributed by atoms with Gasteiger partial charge in [-0.1, -0.05) is 0 Å². The summed E-state index contributed by atoms with van der Waals surface area (Å²) >= 11 is 0. The average molecular weight is 277 g/mol. The predicted octanol–water partition coefficient (Wildman–Crippen LogP) is 2.04. The van der Waals surface area contributed by atoms with E-state index in [9.17, 15) is 9.59 Å². The minimum absolute atomic E-state index is 0.179. The van der Waals surface area contributed by atoms with E-state index in [0.29, 0.717) is 5.75 Å². The predicted molar refractivity (Wildman–Crippen MR) is 75.4 cm³/mol. The van der Waals surface area contributed by atoms with Crippen LogP contribution < -0.4 is 9.64 Å². The van der Waals surface area contributed by atoms with Crippen molar-refractivity contribution in [2.75, 3.05) is 31.7 Å². The Bertz CT molecular complexity index is 507. The molecule has 1 aromatic carbocycles. The molecular weight excluding hydrogens is 258 g/mol. The zero-order valence-electron chi connectivity index (χ0n) is 11.8. The first kappa shape index (κ1) is 14.4. The summed E-state index contributed by atoms with van der Waals surface area (Å²) < 4.78 is 9.93. The number of Topliss-reactive ketones (excluding diaryl/α,β-unsaturated/α-hetero) is 1. The number of rotatable bonds is 5. The van der Waals surface area contributed by atoms with Gasteiger partial charge in [0.15, 0.2) is 0 Å². The topological polar surface area (TPSA) is 55.8 Å². The van der Waals surface area contributed by atoms with Gasteiger partial charge in [0.05, 0.1) is 19.3 Å². The third-order valence-electron chi connectivity index (χ3n) is 3.36. The maximum atomic E-state index is 12.1. The van der Waals surface area contributed by atoms with Crippen LogP contribution in [0.25, 0.3) is 0 Å². The standard InChI is InChI=1S/C15H19NO4/c1-3-20-15(18)14(17)12-10-11(6-7-13(12)19-2)16-8-4-5-9-16/h6-7,10H,3-5,8-9H2,1-2H3. The molecule has 1 aromatic rings. The molecule has 0 aromatic heterocycles. The minimum atomic E-state index is -0.843. The van der Waals surface area contributed by atoms with Gasteiger partial charge in [0.1, 0.15) is 5.75 Å². The SMILES string of the molecule is CCOC(=O)C(=O)c1cc(N2CCCC2)ccc1OC. The second-order valence-electron chi connectivity index (χ2n) is 4.63. The van der Waals surface area contributed by atoms with E-state index >= 15 is 0 Å². The van der Waals surface area contributed by atoms with Crippen LogP contribution in [0.4, 0.5) is 5.69 Å². The summed E-state index contributed by atoms with van der Waals surface area (Å²) in [6, 6.07) is 5.34. The van der Waals surface area contributed by atoms with Crippen molar-refractivity contribution in [3.63, 3.8) is 0 Å². The summed E-state index contributed by atoms with van der Waals surface area (Å²) in [7, 11) is 1.48. The van der Waals surface area contributed by atoms with Crippen molar-refractivity contribution < 1.29 is 19.1 Å². The van der Waals surface area contributed by atoms with Crippen LogP contribution >= 0.6 is 0 Å². The molecule has 20 heavy (non-hydrogen) atoms. The molecule has 2 rings (SSSR count). The first-order valence-electron chi connectivity index (χ1n) is 6.81. The van der Waals surface area contributed by atoms with Gasteiger partial charge in [0.25, 0.3) is 5.78 Å². The third kappa shape index (κ3) is 2.92. The zero-order valence-corrected chi connectivity index (χ0v) is 11.8. The fourth-order valence-corrected chi connectivity index (χ4v) is 2.35. The number of carbonyl (C=O) groups excluding carboxylic acids is 2. The third-order valence-corrected chi connectivity index (χ3v) is 3.36. The molecule has 0 N–H and O–H groups in total. The van der Waals surface area contributed by atoms with Gasteiger partial charge in [-0.2, -0.15) is 0 Å². The molecule has 1 heterocycles. The smallest absolute Gasteiger partial charge is 0.379 e. The molecule has 5 heteroatoms. The van der Waals surface area contributed by atoms with Crippen LogP contribution in [0.2, 0.25) is 0 Å². The molecule has 0 bridgehead atoms. The van der Waals surface area contributed by atoms with E-state index in [1.54, 1.807) is 19.1 Å². The molecule has 0 radical (unpaired) electrons. The quantitative estimate of drug-likeness (QED) is 0.468. The second-order valence-corrected chi connectivity index (χ2v) is 4.63. The highest BCUT2D eigenvalue weighted by molar-refractivity contribution is 6.41. The van der Waals surface area contributed by atoms with Gasteiger partial charge in [-0.3, -0.25) is 4.79 Å². The van der Waals surface area contributed by atoms with E-state index in [1.165, 1.54) is 7.11 Å². The van der Waals surface area contributed by atoms with E-state index in [0.717, 1.165) is 31.6 Å². The Hall–Kier alpha value is -2.04. The van der Waals surface area contributed by atoms with Gasteiger partial charge in [-0.25, -0.2) is 4.79 Å². The van der Waals surface area contributed by atoms with Crippen molar-refractivity contribution in [3.8, 4) is 5.75 Å². The Morgan fingerprint density at radius 3 is 2.55 bits per heavy atom. The maximum absolute atomic E-state index is 12.1. The summed E-state index contributed by atoms with van der Waals surface area (Å²) in [6.07, 6.45) is 2.29. The van der Waals surface area contributed by atoms with Gasteiger partial charge >= 0.3 is 5.97 Å². The highest BCUT2D eigenvalue weighted by atomic mass is 16.5. The van der Waals surface area contributed by atoms with Gasteiger partial charge < -0.3 is 14.4 Å². The molecule has 1 saturated heterocycles. The van der Waals surface area contributed by atoms with E-state index in [-0.39, 0.29) is 12.2 Å². The Labute approximate surface area is 118 Å². The first-order valence-corrected chi connectivity index (χ1v) is 6.81. The maximum Gasteiger partial charge on any atom is 0.379 e.